The third kappa shape index (κ3) is 3.08. The van der Waals surface area contributed by atoms with Crippen molar-refractivity contribution < 1.29 is 9.13 Å². The molecule has 0 amide bonds. The van der Waals surface area contributed by atoms with Gasteiger partial charge in [-0.2, -0.15) is 0 Å². The summed E-state index contributed by atoms with van der Waals surface area (Å²) in [6.07, 6.45) is 6.11. The minimum Gasteiger partial charge on any atom is -0.481 e. The number of halogens is 1. The van der Waals surface area contributed by atoms with Gasteiger partial charge < -0.3 is 10.1 Å². The van der Waals surface area contributed by atoms with E-state index in [-0.39, 0.29) is 5.69 Å². The van der Waals surface area contributed by atoms with Crippen molar-refractivity contribution in [2.24, 2.45) is 0 Å². The van der Waals surface area contributed by atoms with E-state index < -0.39 is 5.82 Å². The van der Waals surface area contributed by atoms with Gasteiger partial charge in [-0.3, -0.25) is 4.98 Å². The van der Waals surface area contributed by atoms with Crippen LogP contribution in [0, 0.1) is 5.82 Å². The molecule has 0 aliphatic heterocycles. The summed E-state index contributed by atoms with van der Waals surface area (Å²) >= 11 is 0. The Hall–Kier alpha value is -3.81. The molecule has 4 rings (SSSR count). The third-order valence-electron chi connectivity index (χ3n) is 3.95. The van der Waals surface area contributed by atoms with Crippen LogP contribution in [0.5, 0.6) is 5.88 Å². The molecule has 0 saturated carbocycles. The molecule has 7 nitrogen and oxygen atoms in total. The van der Waals surface area contributed by atoms with Crippen molar-refractivity contribution in [3.63, 3.8) is 0 Å². The summed E-state index contributed by atoms with van der Waals surface area (Å²) in [5.41, 5.74) is 2.28. The lowest BCUT2D eigenvalue weighted by atomic mass is 10.2. The van der Waals surface area contributed by atoms with E-state index in [1.54, 1.807) is 35.0 Å². The van der Waals surface area contributed by atoms with Gasteiger partial charge in [-0.1, -0.05) is 18.7 Å². The molecular formula is C19H15FN6O. The number of rotatable bonds is 5. The topological polar surface area (TPSA) is 77.2 Å². The predicted octanol–water partition coefficient (Wildman–Crippen LogP) is 3.72. The second kappa shape index (κ2) is 6.83. The zero-order chi connectivity index (χ0) is 18.8. The zero-order valence-electron chi connectivity index (χ0n) is 14.4. The van der Waals surface area contributed by atoms with E-state index in [0.717, 1.165) is 11.8 Å². The molecule has 8 heteroatoms. The summed E-state index contributed by atoms with van der Waals surface area (Å²) in [6.45, 7) is 3.81. The van der Waals surface area contributed by atoms with Crippen molar-refractivity contribution in [1.29, 1.82) is 0 Å². The SMILES string of the molecule is C=Cc1ccn2nc(-c3cccc(OC)n3)nc(Nc3ccncc3F)c12. The van der Waals surface area contributed by atoms with Gasteiger partial charge in [0.25, 0.3) is 0 Å². The van der Waals surface area contributed by atoms with Gasteiger partial charge >= 0.3 is 0 Å². The average Bonchev–Trinajstić information content (AvgIpc) is 3.13. The van der Waals surface area contributed by atoms with E-state index in [2.05, 4.69) is 31.9 Å². The largest absolute Gasteiger partial charge is 0.481 e. The lowest BCUT2D eigenvalue weighted by Crippen LogP contribution is -2.05. The molecule has 0 atom stereocenters. The van der Waals surface area contributed by atoms with Crippen LogP contribution in [0.4, 0.5) is 15.9 Å². The number of nitrogens with zero attached hydrogens (tertiary/aromatic N) is 5. The monoisotopic (exact) mass is 362 g/mol. The summed E-state index contributed by atoms with van der Waals surface area (Å²) in [5.74, 6) is 0.756. The maximum Gasteiger partial charge on any atom is 0.213 e. The average molecular weight is 362 g/mol. The van der Waals surface area contributed by atoms with Gasteiger partial charge in [0, 0.05) is 24.0 Å². The Kier molecular flexibility index (Phi) is 4.21. The van der Waals surface area contributed by atoms with Gasteiger partial charge in [-0.25, -0.2) is 18.9 Å². The molecule has 0 fully saturated rings. The van der Waals surface area contributed by atoms with E-state index in [1.807, 2.05) is 6.07 Å². The molecule has 0 aromatic carbocycles. The number of methoxy groups -OCH3 is 1. The molecular weight excluding hydrogens is 347 g/mol. The Labute approximate surface area is 154 Å². The molecule has 27 heavy (non-hydrogen) atoms. The number of hydrogen-bond acceptors (Lipinski definition) is 6. The molecule has 4 aromatic rings. The van der Waals surface area contributed by atoms with Gasteiger partial charge in [-0.05, 0) is 18.2 Å². The maximum absolute atomic E-state index is 14.1. The second-order valence-corrected chi connectivity index (χ2v) is 5.60. The van der Waals surface area contributed by atoms with Crippen LogP contribution in [-0.2, 0) is 0 Å². The van der Waals surface area contributed by atoms with Gasteiger partial charge in [0.05, 0.1) is 19.0 Å². The first-order chi connectivity index (χ1) is 13.2. The number of fused-ring (bicyclic) bond motifs is 1. The first-order valence-electron chi connectivity index (χ1n) is 8.09. The first kappa shape index (κ1) is 16.6. The molecule has 0 aliphatic rings. The fourth-order valence-electron chi connectivity index (χ4n) is 2.67. The predicted molar refractivity (Wildman–Crippen MR) is 100 cm³/mol. The quantitative estimate of drug-likeness (QED) is 0.583. The highest BCUT2D eigenvalue weighted by Crippen LogP contribution is 2.27. The van der Waals surface area contributed by atoms with Crippen LogP contribution < -0.4 is 10.1 Å². The molecule has 0 spiro atoms. The van der Waals surface area contributed by atoms with Crippen LogP contribution in [0.15, 0.2) is 55.5 Å². The summed E-state index contributed by atoms with van der Waals surface area (Å²) < 4.78 is 20.9. The second-order valence-electron chi connectivity index (χ2n) is 5.60. The van der Waals surface area contributed by atoms with Crippen molar-refractivity contribution in [3.05, 3.63) is 66.9 Å². The molecule has 134 valence electrons. The Morgan fingerprint density at radius 2 is 2.11 bits per heavy atom. The van der Waals surface area contributed by atoms with E-state index in [4.69, 9.17) is 4.74 Å². The molecule has 4 aromatic heterocycles. The molecule has 0 radical (unpaired) electrons. The molecule has 1 N–H and O–H groups in total. The van der Waals surface area contributed by atoms with Crippen molar-refractivity contribution in [2.45, 2.75) is 0 Å². The zero-order valence-corrected chi connectivity index (χ0v) is 14.4. The lowest BCUT2D eigenvalue weighted by molar-refractivity contribution is 0.398. The lowest BCUT2D eigenvalue weighted by Gasteiger charge is -2.11. The van der Waals surface area contributed by atoms with Crippen molar-refractivity contribution in [3.8, 4) is 17.4 Å². The van der Waals surface area contributed by atoms with Crippen molar-refractivity contribution >= 4 is 23.1 Å². The smallest absolute Gasteiger partial charge is 0.213 e. The number of hydrogen-bond donors (Lipinski definition) is 1. The van der Waals surface area contributed by atoms with Crippen LogP contribution in [0.3, 0.4) is 0 Å². The summed E-state index contributed by atoms with van der Waals surface area (Å²) in [5, 5.41) is 7.53. The summed E-state index contributed by atoms with van der Waals surface area (Å²) in [7, 11) is 1.54. The van der Waals surface area contributed by atoms with Crippen LogP contribution in [0.2, 0.25) is 0 Å². The Bertz CT molecular complexity index is 1140. The first-order valence-corrected chi connectivity index (χ1v) is 8.09. The molecule has 0 saturated heterocycles. The highest BCUT2D eigenvalue weighted by molar-refractivity contribution is 5.83. The van der Waals surface area contributed by atoms with E-state index in [1.165, 1.54) is 19.4 Å². The minimum absolute atomic E-state index is 0.256. The van der Waals surface area contributed by atoms with Gasteiger partial charge in [-0.15, -0.1) is 5.10 Å². The number of aromatic nitrogens is 5. The minimum atomic E-state index is -0.484. The Balaban J connectivity index is 1.90. The number of anilines is 2. The maximum atomic E-state index is 14.1. The molecule has 0 aliphatic carbocycles. The van der Waals surface area contributed by atoms with Crippen LogP contribution in [0.1, 0.15) is 5.56 Å². The number of pyridine rings is 2. The summed E-state index contributed by atoms with van der Waals surface area (Å²) in [4.78, 5) is 12.7. The normalized spacial score (nSPS) is 10.7. The van der Waals surface area contributed by atoms with Crippen LogP contribution in [0.25, 0.3) is 23.1 Å². The van der Waals surface area contributed by atoms with Crippen LogP contribution >= 0.6 is 0 Å². The number of ether oxygens (including phenoxy) is 1. The fraction of sp³-hybridized carbons (Fsp3) is 0.0526. The van der Waals surface area contributed by atoms with Gasteiger partial charge in [0.15, 0.2) is 11.6 Å². The highest BCUT2D eigenvalue weighted by Gasteiger charge is 2.15. The molecule has 0 bridgehead atoms. The van der Waals surface area contributed by atoms with Crippen molar-refractivity contribution in [2.75, 3.05) is 12.4 Å². The van der Waals surface area contributed by atoms with Gasteiger partial charge in [0.1, 0.15) is 11.2 Å². The van der Waals surface area contributed by atoms with Gasteiger partial charge in [0.2, 0.25) is 11.7 Å². The van der Waals surface area contributed by atoms with Crippen LogP contribution in [-0.4, -0.2) is 31.7 Å². The third-order valence-corrected chi connectivity index (χ3v) is 3.95. The van der Waals surface area contributed by atoms with Crippen molar-refractivity contribution in [1.82, 2.24) is 24.6 Å². The fourth-order valence-corrected chi connectivity index (χ4v) is 2.67. The summed E-state index contributed by atoms with van der Waals surface area (Å²) in [6, 6.07) is 8.70. The molecule has 0 unspecified atom stereocenters. The number of nitrogens with one attached hydrogen (secondary N) is 1. The van der Waals surface area contributed by atoms with E-state index in [0.29, 0.717) is 28.7 Å². The standard InChI is InChI=1S/C19H15FN6O/c1-3-12-8-10-26-17(12)19(23-14-7-9-21-11-13(14)20)24-18(25-26)15-5-4-6-16(22-15)27-2/h3-11H,1H2,2H3,(H,21,23,24,25). The van der Waals surface area contributed by atoms with E-state index in [9.17, 15) is 4.39 Å². The Morgan fingerprint density at radius 3 is 2.89 bits per heavy atom. The van der Waals surface area contributed by atoms with E-state index >= 15 is 0 Å². The molecule has 4 heterocycles. The Morgan fingerprint density at radius 1 is 1.22 bits per heavy atom. The highest BCUT2D eigenvalue weighted by atomic mass is 19.1.